The zero-order chi connectivity index (χ0) is 18.4. The molecule has 0 radical (unpaired) electrons. The zero-order valence-electron chi connectivity index (χ0n) is 15.6. The van der Waals surface area contributed by atoms with Crippen LogP contribution >= 0.6 is 11.8 Å². The molecular weight excluding hydrogens is 342 g/mol. The van der Waals surface area contributed by atoms with Crippen molar-refractivity contribution in [2.45, 2.75) is 26.1 Å². The van der Waals surface area contributed by atoms with Crippen LogP contribution in [0.1, 0.15) is 22.4 Å². The molecule has 0 atom stereocenters. The normalized spacial score (nSPS) is 15.2. The van der Waals surface area contributed by atoms with Gasteiger partial charge in [0.15, 0.2) is 0 Å². The molecule has 5 heteroatoms. The second kappa shape index (κ2) is 9.19. The maximum atomic E-state index is 12.5. The predicted molar refractivity (Wildman–Crippen MR) is 108 cm³/mol. The number of carbonyl (C=O) groups excluding carboxylic acids is 1. The van der Waals surface area contributed by atoms with E-state index < -0.39 is 0 Å². The van der Waals surface area contributed by atoms with Crippen LogP contribution in [0.5, 0.6) is 0 Å². The average Bonchev–Trinajstić information content (AvgIpc) is 2.66. The van der Waals surface area contributed by atoms with E-state index in [1.54, 1.807) is 11.8 Å². The van der Waals surface area contributed by atoms with E-state index in [4.69, 9.17) is 0 Å². The predicted octanol–water partition coefficient (Wildman–Crippen LogP) is 3.28. The number of amides is 1. The van der Waals surface area contributed by atoms with Gasteiger partial charge in [-0.05, 0) is 36.6 Å². The van der Waals surface area contributed by atoms with Crippen molar-refractivity contribution in [2.75, 3.05) is 31.9 Å². The molecular formula is C21H27N3OS. The van der Waals surface area contributed by atoms with E-state index in [2.05, 4.69) is 54.1 Å². The van der Waals surface area contributed by atoms with Gasteiger partial charge in [-0.2, -0.15) is 0 Å². The van der Waals surface area contributed by atoms with Crippen molar-refractivity contribution in [1.82, 2.24) is 14.8 Å². The molecule has 1 aromatic heterocycles. The molecule has 2 aromatic rings. The van der Waals surface area contributed by atoms with E-state index >= 15 is 0 Å². The molecule has 138 valence electrons. The molecule has 4 nitrogen and oxygen atoms in total. The summed E-state index contributed by atoms with van der Waals surface area (Å²) in [5.74, 6) is 1.72. The summed E-state index contributed by atoms with van der Waals surface area (Å²) < 4.78 is 0. The van der Waals surface area contributed by atoms with Gasteiger partial charge in [0.1, 0.15) is 0 Å². The van der Waals surface area contributed by atoms with Gasteiger partial charge in [0.05, 0.1) is 11.4 Å². The number of thioether (sulfide) groups is 1. The summed E-state index contributed by atoms with van der Waals surface area (Å²) in [6, 6.07) is 12.5. The summed E-state index contributed by atoms with van der Waals surface area (Å²) in [7, 11) is 0. The Hall–Kier alpha value is -1.85. The number of aromatic nitrogens is 1. The van der Waals surface area contributed by atoms with Gasteiger partial charge in [-0.25, -0.2) is 0 Å². The maximum absolute atomic E-state index is 12.5. The number of benzene rings is 1. The lowest BCUT2D eigenvalue weighted by molar-refractivity contribution is -0.130. The van der Waals surface area contributed by atoms with E-state index in [0.29, 0.717) is 5.75 Å². The molecule has 3 rings (SSSR count). The van der Waals surface area contributed by atoms with Gasteiger partial charge in [-0.3, -0.25) is 14.7 Å². The van der Waals surface area contributed by atoms with Crippen molar-refractivity contribution in [3.63, 3.8) is 0 Å². The minimum absolute atomic E-state index is 0.261. The number of nitrogens with zero attached hydrogens (tertiary/aromatic N) is 3. The Balaban J connectivity index is 1.41. The number of aryl methyl sites for hydroxylation is 2. The first-order chi connectivity index (χ1) is 12.6. The molecule has 0 aliphatic carbocycles. The Morgan fingerprint density at radius 1 is 1.04 bits per heavy atom. The van der Waals surface area contributed by atoms with E-state index in [1.807, 2.05) is 17.2 Å². The molecule has 1 aliphatic rings. The molecule has 0 spiro atoms. The van der Waals surface area contributed by atoms with Gasteiger partial charge in [-0.1, -0.05) is 30.3 Å². The monoisotopic (exact) mass is 369 g/mol. The third-order valence-electron chi connectivity index (χ3n) is 4.96. The summed E-state index contributed by atoms with van der Waals surface area (Å²) in [5.41, 5.74) is 4.99. The minimum atomic E-state index is 0.261. The molecule has 1 amide bonds. The van der Waals surface area contributed by atoms with E-state index in [1.165, 1.54) is 16.7 Å². The Kier molecular flexibility index (Phi) is 6.69. The lowest BCUT2D eigenvalue weighted by atomic mass is 10.1. The molecule has 0 N–H and O–H groups in total. The SMILES string of the molecule is Cc1ccccc1CSCC(=O)N1CCN(Cc2ncccc2C)CC1. The van der Waals surface area contributed by atoms with Crippen LogP contribution in [0, 0.1) is 13.8 Å². The standard InChI is InChI=1S/C21H27N3OS/c1-17-6-3-4-8-19(17)15-26-16-21(25)24-12-10-23(11-13-24)14-20-18(2)7-5-9-22-20/h3-9H,10-16H2,1-2H3. The van der Waals surface area contributed by atoms with Crippen molar-refractivity contribution in [2.24, 2.45) is 0 Å². The van der Waals surface area contributed by atoms with E-state index in [9.17, 15) is 4.79 Å². The number of hydrogen-bond acceptors (Lipinski definition) is 4. The van der Waals surface area contributed by atoms with Crippen LogP contribution in [0.4, 0.5) is 0 Å². The Bertz CT molecular complexity index is 742. The Labute approximate surface area is 160 Å². The van der Waals surface area contributed by atoms with Gasteiger partial charge < -0.3 is 4.90 Å². The highest BCUT2D eigenvalue weighted by Crippen LogP contribution is 2.17. The maximum Gasteiger partial charge on any atom is 0.232 e. The molecule has 26 heavy (non-hydrogen) atoms. The second-order valence-corrected chi connectivity index (χ2v) is 7.83. The van der Waals surface area contributed by atoms with Crippen LogP contribution < -0.4 is 0 Å². The van der Waals surface area contributed by atoms with Gasteiger partial charge in [0.2, 0.25) is 5.91 Å². The summed E-state index contributed by atoms with van der Waals surface area (Å²) >= 11 is 1.71. The van der Waals surface area contributed by atoms with Gasteiger partial charge in [-0.15, -0.1) is 11.8 Å². The molecule has 1 aromatic carbocycles. The number of carbonyl (C=O) groups is 1. The van der Waals surface area contributed by atoms with Crippen LogP contribution in [0.25, 0.3) is 0 Å². The third kappa shape index (κ3) is 5.08. The molecule has 0 bridgehead atoms. The van der Waals surface area contributed by atoms with Gasteiger partial charge in [0.25, 0.3) is 0 Å². The number of pyridine rings is 1. The number of piperazine rings is 1. The van der Waals surface area contributed by atoms with Crippen LogP contribution in [0.15, 0.2) is 42.6 Å². The highest BCUT2D eigenvalue weighted by molar-refractivity contribution is 7.99. The lowest BCUT2D eigenvalue weighted by Crippen LogP contribution is -2.49. The molecule has 2 heterocycles. The van der Waals surface area contributed by atoms with Gasteiger partial charge >= 0.3 is 0 Å². The molecule has 0 unspecified atom stereocenters. The van der Waals surface area contributed by atoms with Gasteiger partial charge in [0, 0.05) is 44.7 Å². The quantitative estimate of drug-likeness (QED) is 0.783. The summed E-state index contributed by atoms with van der Waals surface area (Å²) in [6.45, 7) is 8.57. The lowest BCUT2D eigenvalue weighted by Gasteiger charge is -2.34. The zero-order valence-corrected chi connectivity index (χ0v) is 16.5. The van der Waals surface area contributed by atoms with E-state index in [0.717, 1.165) is 44.2 Å². The summed E-state index contributed by atoms with van der Waals surface area (Å²) in [4.78, 5) is 21.3. The number of hydrogen-bond donors (Lipinski definition) is 0. The van der Waals surface area contributed by atoms with E-state index in [-0.39, 0.29) is 5.91 Å². The van der Waals surface area contributed by atoms with Crippen molar-refractivity contribution >= 4 is 17.7 Å². The number of rotatable bonds is 6. The fraction of sp³-hybridized carbons (Fsp3) is 0.429. The van der Waals surface area contributed by atoms with Crippen molar-refractivity contribution in [3.05, 3.63) is 65.0 Å². The van der Waals surface area contributed by atoms with Crippen LogP contribution in [0.2, 0.25) is 0 Å². The first kappa shape index (κ1) is 18.9. The Morgan fingerprint density at radius 3 is 2.50 bits per heavy atom. The topological polar surface area (TPSA) is 36.4 Å². The molecule has 0 saturated carbocycles. The molecule has 1 saturated heterocycles. The van der Waals surface area contributed by atoms with Crippen LogP contribution in [-0.4, -0.2) is 52.6 Å². The fourth-order valence-electron chi connectivity index (χ4n) is 3.16. The Morgan fingerprint density at radius 2 is 1.77 bits per heavy atom. The largest absolute Gasteiger partial charge is 0.339 e. The second-order valence-electron chi connectivity index (χ2n) is 6.84. The van der Waals surface area contributed by atoms with Crippen molar-refractivity contribution < 1.29 is 4.79 Å². The highest BCUT2D eigenvalue weighted by atomic mass is 32.2. The minimum Gasteiger partial charge on any atom is -0.339 e. The molecule has 1 fully saturated rings. The van der Waals surface area contributed by atoms with Crippen molar-refractivity contribution in [3.8, 4) is 0 Å². The first-order valence-corrected chi connectivity index (χ1v) is 10.3. The van der Waals surface area contributed by atoms with Crippen LogP contribution in [0.3, 0.4) is 0 Å². The van der Waals surface area contributed by atoms with Crippen molar-refractivity contribution in [1.29, 1.82) is 0 Å². The highest BCUT2D eigenvalue weighted by Gasteiger charge is 2.21. The fourth-order valence-corrected chi connectivity index (χ4v) is 4.17. The summed E-state index contributed by atoms with van der Waals surface area (Å²) in [5, 5.41) is 0. The van der Waals surface area contributed by atoms with Crippen LogP contribution in [-0.2, 0) is 17.1 Å². The average molecular weight is 370 g/mol. The summed E-state index contributed by atoms with van der Waals surface area (Å²) in [6.07, 6.45) is 1.85. The third-order valence-corrected chi connectivity index (χ3v) is 5.93. The molecule has 1 aliphatic heterocycles. The first-order valence-electron chi connectivity index (χ1n) is 9.16. The smallest absolute Gasteiger partial charge is 0.232 e.